The van der Waals surface area contributed by atoms with E-state index in [0.29, 0.717) is 0 Å². The average molecular weight is 354 g/mol. The summed E-state index contributed by atoms with van der Waals surface area (Å²) in [6, 6.07) is 2.72. The molecule has 2 rings (SSSR count). The lowest BCUT2D eigenvalue weighted by Crippen LogP contribution is -2.37. The van der Waals surface area contributed by atoms with E-state index in [4.69, 9.17) is 23.2 Å². The summed E-state index contributed by atoms with van der Waals surface area (Å²) in [6.45, 7) is -2.07. The van der Waals surface area contributed by atoms with Crippen LogP contribution in [-0.2, 0) is 11.3 Å². The van der Waals surface area contributed by atoms with Crippen LogP contribution in [0.5, 0.6) is 0 Å². The molecule has 0 aliphatic rings. The highest BCUT2D eigenvalue weighted by Crippen LogP contribution is 2.23. The monoisotopic (exact) mass is 353 g/mol. The van der Waals surface area contributed by atoms with E-state index in [1.165, 1.54) is 12.1 Å². The smallest absolute Gasteiger partial charge is 0.345 e. The molecular weight excluding hydrogens is 346 g/mol. The fraction of sp³-hybridized carbons (Fsp3) is 0.250. The highest BCUT2D eigenvalue weighted by molar-refractivity contribution is 6.38. The summed E-state index contributed by atoms with van der Waals surface area (Å²) in [5.74, 6) is -0.964. The van der Waals surface area contributed by atoms with Crippen LogP contribution in [0.15, 0.2) is 23.3 Å². The number of fused-ring (bicyclic) bond motifs is 1. The molecule has 2 aromatic rings. The van der Waals surface area contributed by atoms with Crippen molar-refractivity contribution in [1.82, 2.24) is 14.9 Å². The summed E-state index contributed by atoms with van der Waals surface area (Å²) in [4.78, 5) is 27.5. The Morgan fingerprint density at radius 3 is 2.64 bits per heavy atom. The van der Waals surface area contributed by atoms with Crippen LogP contribution in [0.2, 0.25) is 10.0 Å². The van der Waals surface area contributed by atoms with E-state index in [1.807, 2.05) is 0 Å². The maximum absolute atomic E-state index is 12.2. The standard InChI is InChI=1S/C12H8Cl2F3N3O2/c13-6-1-7-10(8(14)2-6)19-5-20(11(7)22)3-9(21)18-4-12(15,16)17/h1-2,5H,3-4H2,(H,18,21). The summed E-state index contributed by atoms with van der Waals surface area (Å²) >= 11 is 11.7. The molecule has 0 spiro atoms. The number of halogens is 5. The van der Waals surface area contributed by atoms with E-state index in [2.05, 4.69) is 4.98 Å². The van der Waals surface area contributed by atoms with Gasteiger partial charge >= 0.3 is 6.18 Å². The van der Waals surface area contributed by atoms with Crippen LogP contribution in [0, 0.1) is 0 Å². The van der Waals surface area contributed by atoms with E-state index in [0.717, 1.165) is 10.9 Å². The van der Waals surface area contributed by atoms with Gasteiger partial charge in [-0.2, -0.15) is 13.2 Å². The minimum Gasteiger partial charge on any atom is -0.345 e. The number of alkyl halides is 3. The summed E-state index contributed by atoms with van der Waals surface area (Å²) in [7, 11) is 0. The average Bonchev–Trinajstić information content (AvgIpc) is 2.39. The minimum atomic E-state index is -4.52. The fourth-order valence-electron chi connectivity index (χ4n) is 1.72. The van der Waals surface area contributed by atoms with Crippen LogP contribution in [0.3, 0.4) is 0 Å². The molecule has 0 fully saturated rings. The minimum absolute atomic E-state index is 0.0728. The number of aromatic nitrogens is 2. The van der Waals surface area contributed by atoms with Gasteiger partial charge in [-0.15, -0.1) is 0 Å². The Hall–Kier alpha value is -1.80. The Morgan fingerprint density at radius 1 is 1.32 bits per heavy atom. The Bertz CT molecular complexity index is 790. The molecule has 1 aromatic heterocycles. The molecule has 22 heavy (non-hydrogen) atoms. The van der Waals surface area contributed by atoms with Gasteiger partial charge in [0.15, 0.2) is 0 Å². The quantitative estimate of drug-likeness (QED) is 0.921. The van der Waals surface area contributed by atoms with Gasteiger partial charge in [0.2, 0.25) is 5.91 Å². The van der Waals surface area contributed by atoms with Crippen molar-refractivity contribution in [3.05, 3.63) is 38.9 Å². The first-order valence-corrected chi connectivity index (χ1v) is 6.60. The first kappa shape index (κ1) is 16.6. The SMILES string of the molecule is O=C(Cn1cnc2c(Cl)cc(Cl)cc2c1=O)NCC(F)(F)F. The number of rotatable bonds is 3. The number of amides is 1. The van der Waals surface area contributed by atoms with Crippen molar-refractivity contribution in [2.45, 2.75) is 12.7 Å². The lowest BCUT2D eigenvalue weighted by Gasteiger charge is -2.10. The lowest BCUT2D eigenvalue weighted by molar-refractivity contribution is -0.138. The molecule has 5 nitrogen and oxygen atoms in total. The van der Waals surface area contributed by atoms with Gasteiger partial charge in [0, 0.05) is 5.02 Å². The van der Waals surface area contributed by atoms with Gasteiger partial charge in [-0.25, -0.2) is 4.98 Å². The molecular formula is C12H8Cl2F3N3O2. The van der Waals surface area contributed by atoms with Gasteiger partial charge in [0.1, 0.15) is 13.1 Å². The summed E-state index contributed by atoms with van der Waals surface area (Å²) < 4.78 is 36.9. The maximum atomic E-state index is 12.2. The summed E-state index contributed by atoms with van der Waals surface area (Å²) in [5, 5.41) is 2.10. The molecule has 1 N–H and O–H groups in total. The van der Waals surface area contributed by atoms with Crippen molar-refractivity contribution in [3.8, 4) is 0 Å². The normalized spacial score (nSPS) is 11.7. The predicted octanol–water partition coefficient (Wildman–Crippen LogP) is 2.38. The number of benzene rings is 1. The zero-order valence-electron chi connectivity index (χ0n) is 10.7. The van der Waals surface area contributed by atoms with E-state index >= 15 is 0 Å². The van der Waals surface area contributed by atoms with Crippen LogP contribution in [-0.4, -0.2) is 28.2 Å². The third-order valence-corrected chi connectivity index (χ3v) is 3.15. The second-order valence-electron chi connectivity index (χ2n) is 4.35. The largest absolute Gasteiger partial charge is 0.405 e. The molecule has 10 heteroatoms. The van der Waals surface area contributed by atoms with Gasteiger partial charge in [-0.1, -0.05) is 23.2 Å². The molecule has 1 heterocycles. The molecule has 0 unspecified atom stereocenters. The molecule has 0 aliphatic heterocycles. The van der Waals surface area contributed by atoms with Crippen LogP contribution in [0.4, 0.5) is 13.2 Å². The maximum Gasteiger partial charge on any atom is 0.405 e. The van der Waals surface area contributed by atoms with Gasteiger partial charge in [0.25, 0.3) is 5.56 Å². The zero-order valence-corrected chi connectivity index (χ0v) is 12.3. The molecule has 118 valence electrons. The number of carbonyl (C=O) groups is 1. The van der Waals surface area contributed by atoms with E-state index in [9.17, 15) is 22.8 Å². The molecule has 0 aliphatic carbocycles. The van der Waals surface area contributed by atoms with Crippen molar-refractivity contribution < 1.29 is 18.0 Å². The van der Waals surface area contributed by atoms with Crippen molar-refractivity contribution >= 4 is 40.0 Å². The van der Waals surface area contributed by atoms with Crippen LogP contribution < -0.4 is 10.9 Å². The molecule has 1 aromatic carbocycles. The molecule has 0 radical (unpaired) electrons. The van der Waals surface area contributed by atoms with E-state index in [1.54, 1.807) is 5.32 Å². The second-order valence-corrected chi connectivity index (χ2v) is 5.20. The third kappa shape index (κ3) is 3.89. The highest BCUT2D eigenvalue weighted by atomic mass is 35.5. The van der Waals surface area contributed by atoms with Gasteiger partial charge < -0.3 is 5.32 Å². The first-order valence-electron chi connectivity index (χ1n) is 5.85. The highest BCUT2D eigenvalue weighted by Gasteiger charge is 2.27. The molecule has 1 amide bonds. The van der Waals surface area contributed by atoms with E-state index < -0.39 is 30.7 Å². The lowest BCUT2D eigenvalue weighted by atomic mass is 10.2. The Kier molecular flexibility index (Phi) is 4.62. The number of hydrogen-bond acceptors (Lipinski definition) is 3. The Labute approximate surface area is 131 Å². The number of carbonyl (C=O) groups excluding carboxylic acids is 1. The van der Waals surface area contributed by atoms with Gasteiger partial charge in [0.05, 0.1) is 22.3 Å². The van der Waals surface area contributed by atoms with E-state index in [-0.39, 0.29) is 20.9 Å². The zero-order chi connectivity index (χ0) is 16.5. The topological polar surface area (TPSA) is 64.0 Å². The van der Waals surface area contributed by atoms with Crippen molar-refractivity contribution in [1.29, 1.82) is 0 Å². The summed E-state index contributed by atoms with van der Waals surface area (Å²) in [6.07, 6.45) is -3.49. The predicted molar refractivity (Wildman–Crippen MR) is 75.1 cm³/mol. The Balaban J connectivity index is 2.28. The van der Waals surface area contributed by atoms with Crippen molar-refractivity contribution in [2.24, 2.45) is 0 Å². The molecule has 0 saturated carbocycles. The fourth-order valence-corrected chi connectivity index (χ4v) is 2.26. The number of nitrogens with zero attached hydrogens (tertiary/aromatic N) is 2. The number of nitrogens with one attached hydrogen (secondary N) is 1. The van der Waals surface area contributed by atoms with Crippen molar-refractivity contribution in [2.75, 3.05) is 6.54 Å². The molecule has 0 atom stereocenters. The van der Waals surface area contributed by atoms with Crippen molar-refractivity contribution in [3.63, 3.8) is 0 Å². The van der Waals surface area contributed by atoms with Crippen LogP contribution in [0.25, 0.3) is 10.9 Å². The molecule has 0 bridgehead atoms. The van der Waals surface area contributed by atoms with Crippen LogP contribution in [0.1, 0.15) is 0 Å². The van der Waals surface area contributed by atoms with Gasteiger partial charge in [-0.05, 0) is 12.1 Å². The Morgan fingerprint density at radius 2 is 2.00 bits per heavy atom. The number of hydrogen-bond donors (Lipinski definition) is 1. The molecule has 0 saturated heterocycles. The first-order chi connectivity index (χ1) is 10.2. The van der Waals surface area contributed by atoms with Gasteiger partial charge in [-0.3, -0.25) is 14.2 Å². The summed E-state index contributed by atoms with van der Waals surface area (Å²) in [5.41, 5.74) is -0.431. The third-order valence-electron chi connectivity index (χ3n) is 2.65. The second kappa shape index (κ2) is 6.13. The van der Waals surface area contributed by atoms with Crippen LogP contribution >= 0.6 is 23.2 Å².